The summed E-state index contributed by atoms with van der Waals surface area (Å²) in [5, 5.41) is 3.54. The SMILES string of the molecule is CCCNC(C)c1cccnc1N(C)CCCN(C)C. The van der Waals surface area contributed by atoms with Gasteiger partial charge in [0.15, 0.2) is 0 Å². The fraction of sp³-hybridized carbons (Fsp3) is 0.688. The van der Waals surface area contributed by atoms with Crippen molar-refractivity contribution in [1.82, 2.24) is 15.2 Å². The number of aromatic nitrogens is 1. The number of pyridine rings is 1. The van der Waals surface area contributed by atoms with Gasteiger partial charge >= 0.3 is 0 Å². The molecule has 0 bridgehead atoms. The molecule has 0 aromatic carbocycles. The van der Waals surface area contributed by atoms with E-state index in [-0.39, 0.29) is 0 Å². The van der Waals surface area contributed by atoms with Gasteiger partial charge in [0.2, 0.25) is 0 Å². The van der Waals surface area contributed by atoms with Crippen LogP contribution >= 0.6 is 0 Å². The van der Waals surface area contributed by atoms with Gasteiger partial charge in [-0.1, -0.05) is 13.0 Å². The van der Waals surface area contributed by atoms with E-state index >= 15 is 0 Å². The van der Waals surface area contributed by atoms with Gasteiger partial charge in [0.05, 0.1) is 0 Å². The summed E-state index contributed by atoms with van der Waals surface area (Å²) in [6.45, 7) is 7.58. The lowest BCUT2D eigenvalue weighted by molar-refractivity contribution is 0.401. The third-order valence-corrected chi connectivity index (χ3v) is 3.44. The molecule has 1 unspecified atom stereocenters. The highest BCUT2D eigenvalue weighted by Gasteiger charge is 2.13. The van der Waals surface area contributed by atoms with Gasteiger partial charge in [-0.2, -0.15) is 0 Å². The van der Waals surface area contributed by atoms with E-state index in [1.165, 1.54) is 5.56 Å². The highest BCUT2D eigenvalue weighted by molar-refractivity contribution is 5.47. The maximum absolute atomic E-state index is 4.58. The summed E-state index contributed by atoms with van der Waals surface area (Å²) >= 11 is 0. The van der Waals surface area contributed by atoms with Crippen LogP contribution < -0.4 is 10.2 Å². The molecule has 0 fully saturated rings. The van der Waals surface area contributed by atoms with Gasteiger partial charge in [-0.3, -0.25) is 0 Å². The van der Waals surface area contributed by atoms with Crippen molar-refractivity contribution in [1.29, 1.82) is 0 Å². The molecule has 114 valence electrons. The second kappa shape index (κ2) is 8.93. The van der Waals surface area contributed by atoms with Crippen molar-refractivity contribution in [2.75, 3.05) is 45.7 Å². The van der Waals surface area contributed by atoms with Crippen molar-refractivity contribution in [3.63, 3.8) is 0 Å². The molecule has 0 saturated heterocycles. The van der Waals surface area contributed by atoms with Crippen molar-refractivity contribution in [2.45, 2.75) is 32.7 Å². The van der Waals surface area contributed by atoms with E-state index in [2.05, 4.69) is 61.2 Å². The normalized spacial score (nSPS) is 12.7. The fourth-order valence-corrected chi connectivity index (χ4v) is 2.27. The van der Waals surface area contributed by atoms with Crippen LogP contribution in [-0.4, -0.2) is 50.7 Å². The molecule has 0 spiro atoms. The Kier molecular flexibility index (Phi) is 7.55. The van der Waals surface area contributed by atoms with E-state index in [9.17, 15) is 0 Å². The quantitative estimate of drug-likeness (QED) is 0.752. The first kappa shape index (κ1) is 16.9. The molecule has 1 atom stereocenters. The lowest BCUT2D eigenvalue weighted by Gasteiger charge is -2.24. The maximum atomic E-state index is 4.58. The molecule has 0 saturated carbocycles. The monoisotopic (exact) mass is 278 g/mol. The molecule has 1 N–H and O–H groups in total. The van der Waals surface area contributed by atoms with Crippen LogP contribution in [-0.2, 0) is 0 Å². The van der Waals surface area contributed by atoms with Crippen molar-refractivity contribution in [3.8, 4) is 0 Å². The standard InChI is InChI=1S/C16H30N4/c1-6-10-17-14(2)15-9-7-11-18-16(15)20(5)13-8-12-19(3)4/h7,9,11,14,17H,6,8,10,12-13H2,1-5H3. The third kappa shape index (κ3) is 5.47. The molecule has 0 aliphatic rings. The molecule has 4 nitrogen and oxygen atoms in total. The number of rotatable bonds is 9. The summed E-state index contributed by atoms with van der Waals surface area (Å²) in [4.78, 5) is 9.07. The molecule has 0 aliphatic heterocycles. The minimum atomic E-state index is 0.343. The molecule has 1 aromatic heterocycles. The van der Waals surface area contributed by atoms with Crippen LogP contribution in [0.4, 0.5) is 5.82 Å². The predicted octanol–water partition coefficient (Wildman–Crippen LogP) is 2.53. The third-order valence-electron chi connectivity index (χ3n) is 3.44. The van der Waals surface area contributed by atoms with E-state index in [1.54, 1.807) is 0 Å². The topological polar surface area (TPSA) is 31.4 Å². The van der Waals surface area contributed by atoms with E-state index in [0.29, 0.717) is 6.04 Å². The zero-order chi connectivity index (χ0) is 15.0. The Morgan fingerprint density at radius 2 is 2.00 bits per heavy atom. The smallest absolute Gasteiger partial charge is 0.133 e. The highest BCUT2D eigenvalue weighted by Crippen LogP contribution is 2.23. The predicted molar refractivity (Wildman–Crippen MR) is 87.4 cm³/mol. The lowest BCUT2D eigenvalue weighted by atomic mass is 10.1. The number of hydrogen-bond acceptors (Lipinski definition) is 4. The van der Waals surface area contributed by atoms with Crippen LogP contribution in [0.3, 0.4) is 0 Å². The van der Waals surface area contributed by atoms with Crippen molar-refractivity contribution < 1.29 is 0 Å². The Morgan fingerprint density at radius 3 is 2.65 bits per heavy atom. The minimum absolute atomic E-state index is 0.343. The first-order valence-corrected chi connectivity index (χ1v) is 7.60. The van der Waals surface area contributed by atoms with Crippen LogP contribution in [0.2, 0.25) is 0 Å². The Bertz CT molecular complexity index is 378. The molecular formula is C16H30N4. The van der Waals surface area contributed by atoms with Crippen LogP contribution in [0.15, 0.2) is 18.3 Å². The minimum Gasteiger partial charge on any atom is -0.359 e. The van der Waals surface area contributed by atoms with E-state index < -0.39 is 0 Å². The summed E-state index contributed by atoms with van der Waals surface area (Å²) in [5.41, 5.74) is 1.29. The molecule has 0 aliphatic carbocycles. The van der Waals surface area contributed by atoms with Gasteiger partial charge < -0.3 is 15.1 Å². The van der Waals surface area contributed by atoms with E-state index in [0.717, 1.165) is 38.3 Å². The largest absolute Gasteiger partial charge is 0.359 e. The van der Waals surface area contributed by atoms with Crippen molar-refractivity contribution in [2.24, 2.45) is 0 Å². The second-order valence-electron chi connectivity index (χ2n) is 5.67. The highest BCUT2D eigenvalue weighted by atomic mass is 15.2. The van der Waals surface area contributed by atoms with Gasteiger partial charge in [-0.15, -0.1) is 0 Å². The number of nitrogens with one attached hydrogen (secondary N) is 1. The van der Waals surface area contributed by atoms with Gasteiger partial charge in [0, 0.05) is 31.4 Å². The van der Waals surface area contributed by atoms with Gasteiger partial charge in [-0.25, -0.2) is 4.98 Å². The zero-order valence-corrected chi connectivity index (χ0v) is 13.7. The Hall–Kier alpha value is -1.13. The summed E-state index contributed by atoms with van der Waals surface area (Å²) in [7, 11) is 6.36. The lowest BCUT2D eigenvalue weighted by Crippen LogP contribution is -2.27. The summed E-state index contributed by atoms with van der Waals surface area (Å²) in [5.74, 6) is 1.10. The van der Waals surface area contributed by atoms with Gasteiger partial charge in [0.25, 0.3) is 0 Å². The van der Waals surface area contributed by atoms with E-state index in [1.807, 2.05) is 12.3 Å². The maximum Gasteiger partial charge on any atom is 0.133 e. The molecular weight excluding hydrogens is 248 g/mol. The Labute approximate surface area is 124 Å². The number of nitrogens with zero attached hydrogens (tertiary/aromatic N) is 3. The van der Waals surface area contributed by atoms with Gasteiger partial charge in [-0.05, 0) is 53.0 Å². The average molecular weight is 278 g/mol. The summed E-state index contributed by atoms with van der Waals surface area (Å²) in [6, 6.07) is 4.55. The Balaban J connectivity index is 2.68. The fourth-order valence-electron chi connectivity index (χ4n) is 2.27. The Morgan fingerprint density at radius 1 is 1.25 bits per heavy atom. The number of hydrogen-bond donors (Lipinski definition) is 1. The molecule has 0 radical (unpaired) electrons. The van der Waals surface area contributed by atoms with Crippen LogP contribution in [0.25, 0.3) is 0 Å². The summed E-state index contributed by atoms with van der Waals surface area (Å²) < 4.78 is 0. The second-order valence-corrected chi connectivity index (χ2v) is 5.67. The molecule has 1 heterocycles. The first-order valence-electron chi connectivity index (χ1n) is 7.60. The van der Waals surface area contributed by atoms with Crippen LogP contribution in [0.5, 0.6) is 0 Å². The first-order chi connectivity index (χ1) is 9.56. The van der Waals surface area contributed by atoms with Crippen molar-refractivity contribution >= 4 is 5.82 Å². The van der Waals surface area contributed by atoms with E-state index in [4.69, 9.17) is 0 Å². The van der Waals surface area contributed by atoms with Crippen LogP contribution in [0, 0.1) is 0 Å². The molecule has 0 amide bonds. The summed E-state index contributed by atoms with van der Waals surface area (Å²) in [6.07, 6.45) is 4.18. The van der Waals surface area contributed by atoms with Gasteiger partial charge in [0.1, 0.15) is 5.82 Å². The molecule has 1 rings (SSSR count). The average Bonchev–Trinajstić information content (AvgIpc) is 2.44. The van der Waals surface area contributed by atoms with Crippen molar-refractivity contribution in [3.05, 3.63) is 23.9 Å². The van der Waals surface area contributed by atoms with Crippen LogP contribution in [0.1, 0.15) is 38.3 Å². The number of anilines is 1. The zero-order valence-electron chi connectivity index (χ0n) is 13.7. The molecule has 1 aromatic rings. The molecule has 20 heavy (non-hydrogen) atoms. The molecule has 4 heteroatoms.